The highest BCUT2D eigenvalue weighted by molar-refractivity contribution is 5.14. The van der Waals surface area contributed by atoms with Gasteiger partial charge in [0.2, 0.25) is 0 Å². The van der Waals surface area contributed by atoms with E-state index < -0.39 is 5.60 Å². The summed E-state index contributed by atoms with van der Waals surface area (Å²) in [5.74, 6) is 0. The topological polar surface area (TPSA) is 20.2 Å². The third-order valence-electron chi connectivity index (χ3n) is 2.38. The molecule has 0 aromatic carbocycles. The molecule has 0 fully saturated rings. The second kappa shape index (κ2) is 3.44. The Morgan fingerprint density at radius 2 is 1.67 bits per heavy atom. The molecule has 0 saturated carbocycles. The molecule has 1 N–H and O–H groups in total. The average Bonchev–Trinajstić information content (AvgIpc) is 1.84. The van der Waals surface area contributed by atoms with E-state index in [1.165, 1.54) is 0 Å². The zero-order valence-electron chi connectivity index (χ0n) is 8.81. The van der Waals surface area contributed by atoms with Crippen molar-refractivity contribution in [2.24, 2.45) is 5.41 Å². The number of rotatable bonds is 3. The summed E-state index contributed by atoms with van der Waals surface area (Å²) in [4.78, 5) is 0. The Morgan fingerprint density at radius 3 is 1.92 bits per heavy atom. The van der Waals surface area contributed by atoms with Crippen molar-refractivity contribution in [3.63, 3.8) is 0 Å². The molecule has 0 rings (SSSR count). The summed E-state index contributed by atoms with van der Waals surface area (Å²) in [6.45, 7) is 13.4. The quantitative estimate of drug-likeness (QED) is 0.642. The van der Waals surface area contributed by atoms with Gasteiger partial charge in [-0.15, -0.1) is 6.58 Å². The number of hydrogen-bond donors (Lipinski definition) is 1. The Bertz CT molecular complexity index is 193. The maximum atomic E-state index is 10.1. The third-order valence-corrected chi connectivity index (χ3v) is 2.38. The van der Waals surface area contributed by atoms with Crippen molar-refractivity contribution in [3.8, 4) is 0 Å². The van der Waals surface area contributed by atoms with Crippen LogP contribution in [0.15, 0.2) is 24.3 Å². The summed E-state index contributed by atoms with van der Waals surface area (Å²) in [5, 5.41) is 10.1. The van der Waals surface area contributed by atoms with Crippen LogP contribution in [-0.2, 0) is 0 Å². The largest absolute Gasteiger partial charge is 0.385 e. The Kier molecular flexibility index (Phi) is 3.28. The second-order valence-electron chi connectivity index (χ2n) is 4.30. The molecule has 1 unspecified atom stereocenters. The second-order valence-corrected chi connectivity index (χ2v) is 4.30. The average molecular weight is 168 g/mol. The Morgan fingerprint density at radius 1 is 1.25 bits per heavy atom. The zero-order valence-corrected chi connectivity index (χ0v) is 8.81. The molecule has 0 bridgehead atoms. The fourth-order valence-corrected chi connectivity index (χ4v) is 0.955. The minimum atomic E-state index is -0.812. The van der Waals surface area contributed by atoms with Crippen molar-refractivity contribution in [1.29, 1.82) is 0 Å². The van der Waals surface area contributed by atoms with Gasteiger partial charge >= 0.3 is 0 Å². The van der Waals surface area contributed by atoms with Gasteiger partial charge in [0.05, 0.1) is 5.60 Å². The molecule has 0 amide bonds. The van der Waals surface area contributed by atoms with E-state index in [4.69, 9.17) is 0 Å². The van der Waals surface area contributed by atoms with Gasteiger partial charge < -0.3 is 5.11 Å². The van der Waals surface area contributed by atoms with Crippen molar-refractivity contribution in [3.05, 3.63) is 24.3 Å². The van der Waals surface area contributed by atoms with Crippen LogP contribution in [0.1, 0.15) is 34.6 Å². The first kappa shape index (κ1) is 11.4. The predicted octanol–water partition coefficient (Wildman–Crippen LogP) is 2.92. The highest BCUT2D eigenvalue weighted by Gasteiger charge is 2.34. The molecule has 0 spiro atoms. The molecular formula is C11H20O. The summed E-state index contributed by atoms with van der Waals surface area (Å²) in [7, 11) is 0. The van der Waals surface area contributed by atoms with Gasteiger partial charge in [0.25, 0.3) is 0 Å². The van der Waals surface area contributed by atoms with E-state index in [9.17, 15) is 5.11 Å². The Labute approximate surface area is 75.8 Å². The van der Waals surface area contributed by atoms with Crippen LogP contribution in [0.2, 0.25) is 0 Å². The van der Waals surface area contributed by atoms with Gasteiger partial charge in [0, 0.05) is 5.41 Å². The van der Waals surface area contributed by atoms with Gasteiger partial charge in [0.15, 0.2) is 0 Å². The molecule has 0 heterocycles. The van der Waals surface area contributed by atoms with Crippen molar-refractivity contribution < 1.29 is 5.11 Å². The van der Waals surface area contributed by atoms with Crippen molar-refractivity contribution in [2.45, 2.75) is 40.2 Å². The molecule has 0 aromatic heterocycles. The first-order valence-electron chi connectivity index (χ1n) is 4.25. The van der Waals surface area contributed by atoms with E-state index in [-0.39, 0.29) is 5.41 Å². The first-order chi connectivity index (χ1) is 5.23. The van der Waals surface area contributed by atoms with Crippen LogP contribution in [0.5, 0.6) is 0 Å². The molecule has 0 saturated heterocycles. The van der Waals surface area contributed by atoms with E-state index in [1.807, 2.05) is 40.7 Å². The lowest BCUT2D eigenvalue weighted by molar-refractivity contribution is 0.0205. The van der Waals surface area contributed by atoms with Crippen molar-refractivity contribution in [2.75, 3.05) is 0 Å². The molecule has 12 heavy (non-hydrogen) atoms. The monoisotopic (exact) mass is 168 g/mol. The van der Waals surface area contributed by atoms with Crippen LogP contribution in [0.3, 0.4) is 0 Å². The predicted molar refractivity (Wildman–Crippen MR) is 54.0 cm³/mol. The van der Waals surface area contributed by atoms with E-state index >= 15 is 0 Å². The Hall–Kier alpha value is -0.560. The lowest BCUT2D eigenvalue weighted by Gasteiger charge is -2.35. The zero-order chi connectivity index (χ0) is 9.99. The van der Waals surface area contributed by atoms with Gasteiger partial charge in [-0.2, -0.15) is 0 Å². The lowest BCUT2D eigenvalue weighted by Crippen LogP contribution is -2.38. The summed E-state index contributed by atoms with van der Waals surface area (Å²) in [6.07, 6.45) is 3.65. The van der Waals surface area contributed by atoms with Crippen LogP contribution in [0.4, 0.5) is 0 Å². The van der Waals surface area contributed by atoms with Gasteiger partial charge in [-0.25, -0.2) is 0 Å². The molecule has 0 aliphatic carbocycles. The van der Waals surface area contributed by atoms with Crippen LogP contribution in [-0.4, -0.2) is 10.7 Å². The molecule has 70 valence electrons. The molecule has 0 radical (unpaired) electrons. The van der Waals surface area contributed by atoms with E-state index in [0.717, 1.165) is 5.57 Å². The molecule has 0 aliphatic heterocycles. The summed E-state index contributed by atoms with van der Waals surface area (Å²) < 4.78 is 0. The first-order valence-corrected chi connectivity index (χ1v) is 4.25. The van der Waals surface area contributed by atoms with Crippen LogP contribution in [0, 0.1) is 5.41 Å². The van der Waals surface area contributed by atoms with Crippen LogP contribution >= 0.6 is 0 Å². The maximum absolute atomic E-state index is 10.1. The lowest BCUT2D eigenvalue weighted by atomic mass is 9.75. The van der Waals surface area contributed by atoms with Gasteiger partial charge in [-0.05, 0) is 20.8 Å². The summed E-state index contributed by atoms with van der Waals surface area (Å²) in [6, 6.07) is 0. The van der Waals surface area contributed by atoms with Crippen LogP contribution < -0.4 is 0 Å². The minimum absolute atomic E-state index is 0.287. The summed E-state index contributed by atoms with van der Waals surface area (Å²) >= 11 is 0. The van der Waals surface area contributed by atoms with E-state index in [2.05, 4.69) is 6.58 Å². The molecule has 0 aromatic rings. The molecule has 1 nitrogen and oxygen atoms in total. The summed E-state index contributed by atoms with van der Waals surface area (Å²) in [5.41, 5.74) is 0.0209. The molecule has 1 atom stereocenters. The molecular weight excluding hydrogens is 148 g/mol. The van der Waals surface area contributed by atoms with E-state index in [0.29, 0.717) is 0 Å². The van der Waals surface area contributed by atoms with E-state index in [1.54, 1.807) is 6.08 Å². The fraction of sp³-hybridized carbons (Fsp3) is 0.636. The normalized spacial score (nSPS) is 16.5. The van der Waals surface area contributed by atoms with Gasteiger partial charge in [-0.1, -0.05) is 31.6 Å². The molecule has 0 aliphatic rings. The Balaban J connectivity index is 4.84. The highest BCUT2D eigenvalue weighted by Crippen LogP contribution is 2.33. The molecule has 1 heteroatoms. The number of aliphatic hydroxyl groups is 1. The third kappa shape index (κ3) is 2.49. The SMILES string of the molecule is C=CC(C)(C)C(C)(O)C=C(C)C. The number of hydrogen-bond acceptors (Lipinski definition) is 1. The maximum Gasteiger partial charge on any atom is 0.0886 e. The standard InChI is InChI=1S/C11H20O/c1-7-10(4,5)11(6,12)8-9(2)3/h7-8,12H,1H2,2-6H3. The highest BCUT2D eigenvalue weighted by atomic mass is 16.3. The smallest absolute Gasteiger partial charge is 0.0886 e. The van der Waals surface area contributed by atoms with Crippen LogP contribution in [0.25, 0.3) is 0 Å². The fourth-order valence-electron chi connectivity index (χ4n) is 0.955. The number of allylic oxidation sites excluding steroid dienone is 1. The van der Waals surface area contributed by atoms with Gasteiger partial charge in [-0.3, -0.25) is 0 Å². The van der Waals surface area contributed by atoms with Gasteiger partial charge in [0.1, 0.15) is 0 Å². The minimum Gasteiger partial charge on any atom is -0.385 e. The van der Waals surface area contributed by atoms with Crippen molar-refractivity contribution in [1.82, 2.24) is 0 Å². The van der Waals surface area contributed by atoms with Crippen molar-refractivity contribution >= 4 is 0 Å².